The lowest BCUT2D eigenvalue weighted by molar-refractivity contribution is -0.128. The summed E-state index contributed by atoms with van der Waals surface area (Å²) in [4.78, 5) is 23.5. The molecule has 0 aliphatic carbocycles. The standard InChI is InChI=1S/C10H20N2O2/c1-4-5-6-10(14)11-7-8-12(3)9(2)13/h4-8H2,1-3H3,(H,11,14). The molecule has 82 valence electrons. The Labute approximate surface area is 85.7 Å². The van der Waals surface area contributed by atoms with E-state index in [-0.39, 0.29) is 11.8 Å². The molecule has 0 aromatic carbocycles. The second-order valence-corrected chi connectivity index (χ2v) is 3.39. The molecule has 0 aliphatic heterocycles. The van der Waals surface area contributed by atoms with Gasteiger partial charge in [-0.15, -0.1) is 0 Å². The summed E-state index contributed by atoms with van der Waals surface area (Å²) >= 11 is 0. The van der Waals surface area contributed by atoms with Crippen molar-refractivity contribution in [1.82, 2.24) is 10.2 Å². The number of carbonyl (C=O) groups excluding carboxylic acids is 2. The van der Waals surface area contributed by atoms with Crippen LogP contribution in [0, 0.1) is 0 Å². The summed E-state index contributed by atoms with van der Waals surface area (Å²) < 4.78 is 0. The van der Waals surface area contributed by atoms with Crippen LogP contribution in [-0.2, 0) is 9.59 Å². The van der Waals surface area contributed by atoms with Gasteiger partial charge in [0.05, 0.1) is 0 Å². The first-order chi connectivity index (χ1) is 6.57. The maximum atomic E-state index is 11.1. The molecule has 0 unspecified atom stereocenters. The molecule has 4 heteroatoms. The van der Waals surface area contributed by atoms with E-state index in [4.69, 9.17) is 0 Å². The van der Waals surface area contributed by atoms with Gasteiger partial charge in [-0.05, 0) is 6.42 Å². The minimum atomic E-state index is 0.0211. The van der Waals surface area contributed by atoms with Crippen molar-refractivity contribution in [2.24, 2.45) is 0 Å². The number of rotatable bonds is 6. The Morgan fingerprint density at radius 3 is 2.50 bits per heavy atom. The van der Waals surface area contributed by atoms with Gasteiger partial charge in [0.25, 0.3) is 0 Å². The maximum Gasteiger partial charge on any atom is 0.220 e. The SMILES string of the molecule is CCCCC(=O)NCCN(C)C(C)=O. The molecule has 2 amide bonds. The van der Waals surface area contributed by atoms with Crippen LogP contribution >= 0.6 is 0 Å². The van der Waals surface area contributed by atoms with Gasteiger partial charge in [-0.1, -0.05) is 13.3 Å². The Morgan fingerprint density at radius 2 is 2.00 bits per heavy atom. The van der Waals surface area contributed by atoms with Gasteiger partial charge in [0, 0.05) is 33.5 Å². The first-order valence-electron chi connectivity index (χ1n) is 5.06. The van der Waals surface area contributed by atoms with Gasteiger partial charge in [0.1, 0.15) is 0 Å². The molecular formula is C10H20N2O2. The highest BCUT2D eigenvalue weighted by Crippen LogP contribution is 1.92. The molecule has 0 aromatic heterocycles. The molecule has 14 heavy (non-hydrogen) atoms. The van der Waals surface area contributed by atoms with Crippen molar-refractivity contribution in [2.75, 3.05) is 20.1 Å². The number of unbranched alkanes of at least 4 members (excludes halogenated alkanes) is 1. The average Bonchev–Trinajstić information content (AvgIpc) is 2.14. The molecule has 0 saturated carbocycles. The number of hydrogen-bond donors (Lipinski definition) is 1. The van der Waals surface area contributed by atoms with E-state index < -0.39 is 0 Å². The van der Waals surface area contributed by atoms with Crippen LogP contribution in [0.25, 0.3) is 0 Å². The summed E-state index contributed by atoms with van der Waals surface area (Å²) in [6, 6.07) is 0. The average molecular weight is 200 g/mol. The molecule has 0 atom stereocenters. The minimum absolute atomic E-state index is 0.0211. The number of nitrogens with zero attached hydrogens (tertiary/aromatic N) is 1. The Morgan fingerprint density at radius 1 is 1.36 bits per heavy atom. The lowest BCUT2D eigenvalue weighted by Crippen LogP contribution is -2.34. The first-order valence-corrected chi connectivity index (χ1v) is 5.06. The molecule has 1 N–H and O–H groups in total. The summed E-state index contributed by atoms with van der Waals surface area (Å²) in [7, 11) is 1.72. The van der Waals surface area contributed by atoms with Gasteiger partial charge in [-0.25, -0.2) is 0 Å². The zero-order valence-electron chi connectivity index (χ0n) is 9.30. The van der Waals surface area contributed by atoms with Crippen LogP contribution in [0.15, 0.2) is 0 Å². The Hall–Kier alpha value is -1.06. The second kappa shape index (κ2) is 7.35. The second-order valence-electron chi connectivity index (χ2n) is 3.39. The van der Waals surface area contributed by atoms with Crippen LogP contribution in [-0.4, -0.2) is 36.9 Å². The highest BCUT2D eigenvalue weighted by molar-refractivity contribution is 5.76. The van der Waals surface area contributed by atoms with Crippen molar-refractivity contribution in [3.63, 3.8) is 0 Å². The number of carbonyl (C=O) groups is 2. The van der Waals surface area contributed by atoms with Crippen LogP contribution in [0.1, 0.15) is 33.1 Å². The molecular weight excluding hydrogens is 180 g/mol. The smallest absolute Gasteiger partial charge is 0.220 e. The molecule has 0 heterocycles. The van der Waals surface area contributed by atoms with Gasteiger partial charge in [0.15, 0.2) is 0 Å². The third-order valence-corrected chi connectivity index (χ3v) is 2.06. The fourth-order valence-corrected chi connectivity index (χ4v) is 0.946. The van der Waals surface area contributed by atoms with Crippen molar-refractivity contribution in [3.8, 4) is 0 Å². The largest absolute Gasteiger partial charge is 0.354 e. The number of nitrogens with one attached hydrogen (secondary N) is 1. The van der Waals surface area contributed by atoms with Gasteiger partial charge in [-0.2, -0.15) is 0 Å². The van der Waals surface area contributed by atoms with Crippen molar-refractivity contribution in [2.45, 2.75) is 33.1 Å². The zero-order valence-corrected chi connectivity index (χ0v) is 9.30. The monoisotopic (exact) mass is 200 g/mol. The number of likely N-dealkylation sites (N-methyl/N-ethyl adjacent to an activating group) is 1. The highest BCUT2D eigenvalue weighted by Gasteiger charge is 2.03. The lowest BCUT2D eigenvalue weighted by Gasteiger charge is -2.14. The van der Waals surface area contributed by atoms with E-state index in [1.54, 1.807) is 11.9 Å². The molecule has 0 aromatic rings. The minimum Gasteiger partial charge on any atom is -0.354 e. The summed E-state index contributed by atoms with van der Waals surface area (Å²) in [6.07, 6.45) is 2.54. The fourth-order valence-electron chi connectivity index (χ4n) is 0.946. The van der Waals surface area contributed by atoms with Gasteiger partial charge < -0.3 is 10.2 Å². The predicted octanol–water partition coefficient (Wildman–Crippen LogP) is 0.771. The van der Waals surface area contributed by atoms with E-state index in [0.29, 0.717) is 19.5 Å². The molecule has 0 fully saturated rings. The normalized spacial score (nSPS) is 9.64. The van der Waals surface area contributed by atoms with E-state index in [1.807, 2.05) is 0 Å². The summed E-state index contributed by atoms with van der Waals surface area (Å²) in [6.45, 7) is 4.68. The van der Waals surface area contributed by atoms with Gasteiger partial charge >= 0.3 is 0 Å². The third kappa shape index (κ3) is 6.46. The highest BCUT2D eigenvalue weighted by atomic mass is 16.2. The molecule has 0 rings (SSSR count). The Kier molecular flexibility index (Phi) is 6.80. The van der Waals surface area contributed by atoms with Crippen LogP contribution in [0.5, 0.6) is 0 Å². The molecule has 0 radical (unpaired) electrons. The van der Waals surface area contributed by atoms with Crippen molar-refractivity contribution >= 4 is 11.8 Å². The molecule has 4 nitrogen and oxygen atoms in total. The van der Waals surface area contributed by atoms with E-state index in [0.717, 1.165) is 12.8 Å². The Balaban J connectivity index is 3.44. The molecule has 0 saturated heterocycles. The van der Waals surface area contributed by atoms with Crippen LogP contribution in [0.3, 0.4) is 0 Å². The summed E-state index contributed by atoms with van der Waals surface area (Å²) in [5, 5.41) is 2.77. The van der Waals surface area contributed by atoms with Crippen molar-refractivity contribution in [3.05, 3.63) is 0 Å². The van der Waals surface area contributed by atoms with E-state index in [9.17, 15) is 9.59 Å². The van der Waals surface area contributed by atoms with E-state index in [1.165, 1.54) is 6.92 Å². The maximum absolute atomic E-state index is 11.1. The quantitative estimate of drug-likeness (QED) is 0.688. The zero-order chi connectivity index (χ0) is 11.0. The summed E-state index contributed by atoms with van der Waals surface area (Å²) in [5.74, 6) is 0.0941. The van der Waals surface area contributed by atoms with Crippen LogP contribution in [0.2, 0.25) is 0 Å². The van der Waals surface area contributed by atoms with Crippen molar-refractivity contribution < 1.29 is 9.59 Å². The molecule has 0 spiro atoms. The van der Waals surface area contributed by atoms with Gasteiger partial charge in [0.2, 0.25) is 11.8 Å². The first kappa shape index (κ1) is 12.9. The van der Waals surface area contributed by atoms with E-state index in [2.05, 4.69) is 12.2 Å². The van der Waals surface area contributed by atoms with Crippen LogP contribution < -0.4 is 5.32 Å². The number of hydrogen-bond acceptors (Lipinski definition) is 2. The summed E-state index contributed by atoms with van der Waals surface area (Å²) in [5.41, 5.74) is 0. The molecule has 0 aliphatic rings. The van der Waals surface area contributed by atoms with Crippen molar-refractivity contribution in [1.29, 1.82) is 0 Å². The molecule has 0 bridgehead atoms. The topological polar surface area (TPSA) is 49.4 Å². The lowest BCUT2D eigenvalue weighted by atomic mass is 10.2. The number of amides is 2. The predicted molar refractivity (Wildman–Crippen MR) is 55.8 cm³/mol. The third-order valence-electron chi connectivity index (χ3n) is 2.06. The van der Waals surface area contributed by atoms with E-state index >= 15 is 0 Å². The fraction of sp³-hybridized carbons (Fsp3) is 0.800. The van der Waals surface area contributed by atoms with Gasteiger partial charge in [-0.3, -0.25) is 9.59 Å². The Bertz CT molecular complexity index is 193. The van der Waals surface area contributed by atoms with Crippen LogP contribution in [0.4, 0.5) is 0 Å².